The van der Waals surface area contributed by atoms with Gasteiger partial charge in [0.15, 0.2) is 5.82 Å². The summed E-state index contributed by atoms with van der Waals surface area (Å²) in [5, 5.41) is 5.91. The van der Waals surface area contributed by atoms with Gasteiger partial charge in [0.1, 0.15) is 11.0 Å². The first kappa shape index (κ1) is 17.2. The van der Waals surface area contributed by atoms with E-state index in [1.807, 2.05) is 0 Å². The van der Waals surface area contributed by atoms with Crippen molar-refractivity contribution in [3.8, 4) is 11.1 Å². The molecule has 4 rings (SSSR count). The maximum Gasteiger partial charge on any atom is 0.416 e. The molecule has 1 saturated heterocycles. The summed E-state index contributed by atoms with van der Waals surface area (Å²) in [5.74, 6) is 0.444. The van der Waals surface area contributed by atoms with Crippen molar-refractivity contribution in [3.63, 3.8) is 0 Å². The number of carbonyl (C=O) groups excluding carboxylic acids is 1. The Morgan fingerprint density at radius 2 is 1.74 bits per heavy atom. The van der Waals surface area contributed by atoms with Gasteiger partial charge in [-0.25, -0.2) is 9.97 Å². The number of pyridine rings is 1. The zero-order valence-corrected chi connectivity index (χ0v) is 13.9. The molecule has 0 bridgehead atoms. The largest absolute Gasteiger partial charge is 0.416 e. The van der Waals surface area contributed by atoms with E-state index in [9.17, 15) is 18.0 Å². The van der Waals surface area contributed by atoms with Gasteiger partial charge >= 0.3 is 6.18 Å². The van der Waals surface area contributed by atoms with E-state index in [-0.39, 0.29) is 11.9 Å². The lowest BCUT2D eigenvalue weighted by atomic mass is 10.0. The van der Waals surface area contributed by atoms with Gasteiger partial charge in [-0.15, -0.1) is 0 Å². The Bertz CT molecular complexity index is 1000. The number of alkyl halides is 3. The molecule has 0 unspecified atom stereocenters. The monoisotopic (exact) mass is 373 g/mol. The molecule has 1 amide bonds. The van der Waals surface area contributed by atoms with Crippen LogP contribution in [0.1, 0.15) is 12.0 Å². The molecule has 1 aromatic carbocycles. The minimum Gasteiger partial charge on any atom is -0.363 e. The molecule has 1 aliphatic heterocycles. The lowest BCUT2D eigenvalue weighted by Crippen LogP contribution is -2.23. The minimum atomic E-state index is -4.39. The van der Waals surface area contributed by atoms with Gasteiger partial charge in [-0.3, -0.25) is 9.78 Å². The fraction of sp³-hybridized carbons (Fsp3) is 0.222. The molecule has 2 N–H and O–H groups in total. The fourth-order valence-electron chi connectivity index (χ4n) is 3.02. The van der Waals surface area contributed by atoms with Gasteiger partial charge in [0.2, 0.25) is 5.91 Å². The van der Waals surface area contributed by atoms with Crippen LogP contribution < -0.4 is 10.6 Å². The van der Waals surface area contributed by atoms with Crippen LogP contribution in [-0.2, 0) is 11.0 Å². The number of hydrogen-bond donors (Lipinski definition) is 2. The summed E-state index contributed by atoms with van der Waals surface area (Å²) in [6.45, 7) is 0.489. The van der Waals surface area contributed by atoms with Crippen LogP contribution in [0.2, 0.25) is 0 Å². The number of hydrogen-bond acceptors (Lipinski definition) is 5. The Kier molecular flexibility index (Phi) is 4.14. The molecule has 3 heterocycles. The van der Waals surface area contributed by atoms with Crippen molar-refractivity contribution in [1.29, 1.82) is 0 Å². The van der Waals surface area contributed by atoms with Crippen molar-refractivity contribution in [2.24, 2.45) is 0 Å². The van der Waals surface area contributed by atoms with Crippen LogP contribution in [-0.4, -0.2) is 33.4 Å². The summed E-state index contributed by atoms with van der Waals surface area (Å²) in [4.78, 5) is 24.4. The summed E-state index contributed by atoms with van der Waals surface area (Å²) >= 11 is 0. The average Bonchev–Trinajstić information content (AvgIpc) is 3.06. The van der Waals surface area contributed by atoms with Crippen LogP contribution >= 0.6 is 0 Å². The van der Waals surface area contributed by atoms with Crippen LogP contribution in [0.5, 0.6) is 0 Å². The molecule has 3 aromatic rings. The highest BCUT2D eigenvalue weighted by Gasteiger charge is 2.30. The van der Waals surface area contributed by atoms with E-state index in [0.29, 0.717) is 40.9 Å². The van der Waals surface area contributed by atoms with Crippen molar-refractivity contribution in [3.05, 3.63) is 48.4 Å². The van der Waals surface area contributed by atoms with Gasteiger partial charge in [0, 0.05) is 37.1 Å². The van der Waals surface area contributed by atoms with Crippen LogP contribution in [0.4, 0.5) is 19.0 Å². The second kappa shape index (κ2) is 6.49. The first-order valence-corrected chi connectivity index (χ1v) is 8.22. The van der Waals surface area contributed by atoms with E-state index in [4.69, 9.17) is 0 Å². The number of nitrogens with zero attached hydrogens (tertiary/aromatic N) is 3. The van der Waals surface area contributed by atoms with E-state index in [0.717, 1.165) is 12.1 Å². The van der Waals surface area contributed by atoms with Gasteiger partial charge in [-0.1, -0.05) is 12.1 Å². The van der Waals surface area contributed by atoms with Gasteiger partial charge in [0.25, 0.3) is 0 Å². The molecule has 9 heteroatoms. The van der Waals surface area contributed by atoms with Crippen molar-refractivity contribution < 1.29 is 18.0 Å². The molecule has 0 saturated carbocycles. The van der Waals surface area contributed by atoms with Gasteiger partial charge in [-0.2, -0.15) is 13.2 Å². The molecule has 1 atom stereocenters. The van der Waals surface area contributed by atoms with Crippen molar-refractivity contribution >= 4 is 22.8 Å². The molecular weight excluding hydrogens is 359 g/mol. The fourth-order valence-corrected chi connectivity index (χ4v) is 3.02. The molecular formula is C18H14F3N5O. The molecule has 6 nitrogen and oxygen atoms in total. The second-order valence-electron chi connectivity index (χ2n) is 6.20. The van der Waals surface area contributed by atoms with E-state index >= 15 is 0 Å². The lowest BCUT2D eigenvalue weighted by Gasteiger charge is -2.14. The van der Waals surface area contributed by atoms with Gasteiger partial charge < -0.3 is 10.6 Å². The molecule has 1 aliphatic rings. The topological polar surface area (TPSA) is 79.8 Å². The highest BCUT2D eigenvalue weighted by Crippen LogP contribution is 2.33. The van der Waals surface area contributed by atoms with Gasteiger partial charge in [-0.05, 0) is 17.7 Å². The van der Waals surface area contributed by atoms with Crippen molar-refractivity contribution in [2.75, 3.05) is 11.9 Å². The van der Waals surface area contributed by atoms with E-state index in [1.165, 1.54) is 24.5 Å². The summed E-state index contributed by atoms with van der Waals surface area (Å²) < 4.78 is 38.3. The van der Waals surface area contributed by atoms with Crippen LogP contribution in [0.15, 0.2) is 42.9 Å². The number of fused-ring (bicyclic) bond motifs is 1. The average molecular weight is 373 g/mol. The first-order valence-electron chi connectivity index (χ1n) is 8.22. The Morgan fingerprint density at radius 3 is 2.37 bits per heavy atom. The van der Waals surface area contributed by atoms with Crippen LogP contribution in [0.3, 0.4) is 0 Å². The molecule has 1 fully saturated rings. The molecule has 0 aliphatic carbocycles. The third kappa shape index (κ3) is 3.40. The summed E-state index contributed by atoms with van der Waals surface area (Å²) in [7, 11) is 0. The minimum absolute atomic E-state index is 0.0377. The standard InChI is InChI=1S/C18H14F3N5O/c19-18(20,21)11-3-1-10(2-4-11)13-9-25-17(16-15(13)22-5-6-23-16)26-12-7-14(27)24-8-12/h1-6,9,12H,7-8H2,(H,24,27)(H,25,26)/t12-/m0/s1. The zero-order chi connectivity index (χ0) is 19.0. The number of aromatic nitrogens is 3. The van der Waals surface area contributed by atoms with Gasteiger partial charge in [0.05, 0.1) is 11.6 Å². The smallest absolute Gasteiger partial charge is 0.363 e. The van der Waals surface area contributed by atoms with E-state index in [1.54, 1.807) is 6.20 Å². The maximum absolute atomic E-state index is 12.8. The third-order valence-corrected chi connectivity index (χ3v) is 4.34. The zero-order valence-electron chi connectivity index (χ0n) is 13.9. The predicted molar refractivity (Wildman–Crippen MR) is 92.8 cm³/mol. The second-order valence-corrected chi connectivity index (χ2v) is 6.20. The van der Waals surface area contributed by atoms with E-state index in [2.05, 4.69) is 25.6 Å². The highest BCUT2D eigenvalue weighted by atomic mass is 19.4. The highest BCUT2D eigenvalue weighted by molar-refractivity contribution is 5.96. The van der Waals surface area contributed by atoms with Crippen molar-refractivity contribution in [2.45, 2.75) is 18.6 Å². The molecule has 2 aromatic heterocycles. The molecule has 138 valence electrons. The number of carbonyl (C=O) groups is 1. The van der Waals surface area contributed by atoms with Crippen LogP contribution in [0.25, 0.3) is 22.2 Å². The summed E-state index contributed by atoms with van der Waals surface area (Å²) in [6.07, 6.45) is 0.527. The number of nitrogens with one attached hydrogen (secondary N) is 2. The van der Waals surface area contributed by atoms with E-state index < -0.39 is 11.7 Å². The Morgan fingerprint density at radius 1 is 1.04 bits per heavy atom. The number of anilines is 1. The Hall–Kier alpha value is -3.23. The summed E-state index contributed by atoms with van der Waals surface area (Å²) in [6, 6.07) is 4.73. The maximum atomic E-state index is 12.8. The summed E-state index contributed by atoms with van der Waals surface area (Å²) in [5.41, 5.74) is 1.44. The molecule has 0 radical (unpaired) electrons. The molecule has 27 heavy (non-hydrogen) atoms. The number of halogens is 3. The number of rotatable bonds is 3. The van der Waals surface area contributed by atoms with Crippen LogP contribution in [0, 0.1) is 0 Å². The van der Waals surface area contributed by atoms with Crippen molar-refractivity contribution in [1.82, 2.24) is 20.3 Å². The Balaban J connectivity index is 1.72. The number of amides is 1. The number of benzene rings is 1. The lowest BCUT2D eigenvalue weighted by molar-refractivity contribution is -0.137. The normalized spacial score (nSPS) is 17.1. The third-order valence-electron chi connectivity index (χ3n) is 4.34. The quantitative estimate of drug-likeness (QED) is 0.738. The molecule has 0 spiro atoms. The Labute approximate surface area is 151 Å². The first-order chi connectivity index (χ1) is 12.9. The SMILES string of the molecule is O=C1C[C@H](Nc2ncc(-c3ccc(C(F)(F)F)cc3)c3nccnc23)CN1. The predicted octanol–water partition coefficient (Wildman–Crippen LogP) is 3.01.